The van der Waals surface area contributed by atoms with Crippen LogP contribution in [0.15, 0.2) is 11.6 Å². The second-order valence-electron chi connectivity index (χ2n) is 8.11. The van der Waals surface area contributed by atoms with Crippen molar-refractivity contribution in [1.29, 1.82) is 0 Å². The van der Waals surface area contributed by atoms with E-state index in [0.29, 0.717) is 11.6 Å². The Balaban J connectivity index is 2.30. The summed E-state index contributed by atoms with van der Waals surface area (Å²) in [6.45, 7) is 8.22. The molecule has 0 saturated heterocycles. The Morgan fingerprint density at radius 2 is 1.63 bits per heavy atom. The fourth-order valence-corrected chi connectivity index (χ4v) is 3.55. The number of nitrogens with one attached hydrogen (secondary N) is 1. The van der Waals surface area contributed by atoms with Crippen LogP contribution in [0.5, 0.6) is 0 Å². The molecule has 1 rings (SSSR count). The molecule has 0 fully saturated rings. The summed E-state index contributed by atoms with van der Waals surface area (Å²) in [4.78, 5) is 30.7. The molecule has 0 aromatic carbocycles. The maximum absolute atomic E-state index is 12.7. The molecule has 5 nitrogen and oxygen atoms in total. The number of carbonyl (C=O) groups is 2. The summed E-state index contributed by atoms with van der Waals surface area (Å²) in [5.74, 6) is -0.139. The lowest BCUT2D eigenvalue weighted by atomic mass is 10.0. The summed E-state index contributed by atoms with van der Waals surface area (Å²) in [6.07, 6.45) is 13.2. The van der Waals surface area contributed by atoms with Gasteiger partial charge in [-0.15, -0.1) is 11.3 Å². The molecule has 0 radical (unpaired) electrons. The third-order valence-electron chi connectivity index (χ3n) is 4.59. The fraction of sp³-hybridized carbons (Fsp3) is 0.762. The molecular formula is C21H37N3O2S. The molecule has 1 aromatic rings. The molecule has 0 saturated carbocycles. The highest BCUT2D eigenvalue weighted by Crippen LogP contribution is 2.18. The molecule has 1 N–H and O–H groups in total. The van der Waals surface area contributed by atoms with Gasteiger partial charge in [0.2, 0.25) is 11.8 Å². The zero-order valence-electron chi connectivity index (χ0n) is 17.6. The van der Waals surface area contributed by atoms with Crippen LogP contribution in [0.4, 0.5) is 5.13 Å². The third kappa shape index (κ3) is 10.5. The molecule has 0 unspecified atom stereocenters. The Bertz CT molecular complexity index is 538. The molecular weight excluding hydrogens is 358 g/mol. The monoisotopic (exact) mass is 395 g/mol. The molecule has 0 bridgehead atoms. The Morgan fingerprint density at radius 3 is 2.15 bits per heavy atom. The maximum Gasteiger partial charge on any atom is 0.245 e. The number of aromatic nitrogens is 1. The minimum Gasteiger partial charge on any atom is -0.329 e. The van der Waals surface area contributed by atoms with Gasteiger partial charge in [-0.05, 0) is 27.2 Å². The minimum absolute atomic E-state index is 0.0553. The van der Waals surface area contributed by atoms with Gasteiger partial charge < -0.3 is 10.2 Å². The van der Waals surface area contributed by atoms with Crippen LogP contribution in [-0.4, -0.2) is 33.8 Å². The number of hydrogen-bond donors (Lipinski definition) is 1. The summed E-state index contributed by atoms with van der Waals surface area (Å²) in [5.41, 5.74) is -0.378. The zero-order valence-corrected chi connectivity index (χ0v) is 18.4. The average Bonchev–Trinajstić information content (AvgIpc) is 3.10. The van der Waals surface area contributed by atoms with E-state index in [0.717, 1.165) is 12.8 Å². The Morgan fingerprint density at radius 1 is 1.04 bits per heavy atom. The number of anilines is 1. The van der Waals surface area contributed by atoms with Gasteiger partial charge in [-0.1, -0.05) is 58.3 Å². The molecule has 6 heteroatoms. The normalized spacial score (nSPS) is 11.4. The lowest BCUT2D eigenvalue weighted by Crippen LogP contribution is -2.49. The van der Waals surface area contributed by atoms with Crippen molar-refractivity contribution in [2.24, 2.45) is 0 Å². The second kappa shape index (κ2) is 12.9. The largest absolute Gasteiger partial charge is 0.329 e. The van der Waals surface area contributed by atoms with Crippen molar-refractivity contribution in [1.82, 2.24) is 9.88 Å². The van der Waals surface area contributed by atoms with E-state index in [1.807, 2.05) is 26.2 Å². The number of carbonyl (C=O) groups excluding carboxylic acids is 2. The SMILES string of the molecule is CCCCCCCCCCCC(=O)N(CC(=O)Nc1nccs1)C(C)(C)C. The van der Waals surface area contributed by atoms with Crippen LogP contribution in [0.1, 0.15) is 91.9 Å². The van der Waals surface area contributed by atoms with Gasteiger partial charge in [0, 0.05) is 23.5 Å². The van der Waals surface area contributed by atoms with E-state index in [2.05, 4.69) is 17.2 Å². The predicted molar refractivity (Wildman–Crippen MR) is 114 cm³/mol. The van der Waals surface area contributed by atoms with E-state index in [9.17, 15) is 9.59 Å². The molecule has 0 aliphatic rings. The first-order valence-electron chi connectivity index (χ1n) is 10.3. The van der Waals surface area contributed by atoms with E-state index < -0.39 is 0 Å². The van der Waals surface area contributed by atoms with Gasteiger partial charge in [0.05, 0.1) is 0 Å². The minimum atomic E-state index is -0.378. The van der Waals surface area contributed by atoms with Gasteiger partial charge >= 0.3 is 0 Å². The standard InChI is InChI=1S/C21H37N3O2S/c1-5-6-7-8-9-10-11-12-13-14-19(26)24(21(2,3)4)17-18(25)23-20-22-15-16-27-20/h15-16H,5-14,17H2,1-4H3,(H,22,23,25). The third-order valence-corrected chi connectivity index (χ3v) is 5.27. The van der Waals surface area contributed by atoms with Crippen LogP contribution < -0.4 is 5.32 Å². The quantitative estimate of drug-likeness (QED) is 0.440. The van der Waals surface area contributed by atoms with Gasteiger partial charge in [0.25, 0.3) is 0 Å². The molecule has 0 atom stereocenters. The first kappa shape index (κ1) is 23.6. The van der Waals surface area contributed by atoms with Gasteiger partial charge in [0.1, 0.15) is 6.54 Å². The summed E-state index contributed by atoms with van der Waals surface area (Å²) in [6, 6.07) is 0. The Labute approximate surface area is 168 Å². The molecule has 154 valence electrons. The first-order chi connectivity index (χ1) is 12.8. The summed E-state index contributed by atoms with van der Waals surface area (Å²) >= 11 is 1.38. The average molecular weight is 396 g/mol. The molecule has 0 spiro atoms. The first-order valence-corrected chi connectivity index (χ1v) is 11.2. The molecule has 1 heterocycles. The molecule has 2 amide bonds. The van der Waals surface area contributed by atoms with E-state index in [1.165, 1.54) is 56.3 Å². The number of thiazole rings is 1. The number of unbranched alkanes of at least 4 members (excludes halogenated alkanes) is 8. The van der Waals surface area contributed by atoms with Crippen LogP contribution >= 0.6 is 11.3 Å². The van der Waals surface area contributed by atoms with Gasteiger partial charge in [-0.25, -0.2) is 4.98 Å². The van der Waals surface area contributed by atoms with E-state index in [4.69, 9.17) is 0 Å². The van der Waals surface area contributed by atoms with E-state index in [-0.39, 0.29) is 23.9 Å². The highest BCUT2D eigenvalue weighted by Gasteiger charge is 2.28. The van der Waals surface area contributed by atoms with E-state index in [1.54, 1.807) is 11.1 Å². The summed E-state index contributed by atoms with van der Waals surface area (Å²) in [7, 11) is 0. The topological polar surface area (TPSA) is 62.3 Å². The number of hydrogen-bond acceptors (Lipinski definition) is 4. The smallest absolute Gasteiger partial charge is 0.245 e. The summed E-state index contributed by atoms with van der Waals surface area (Å²) < 4.78 is 0. The van der Waals surface area contributed by atoms with Gasteiger partial charge in [-0.2, -0.15) is 0 Å². The lowest BCUT2D eigenvalue weighted by Gasteiger charge is -2.35. The van der Waals surface area contributed by atoms with Crippen LogP contribution in [0, 0.1) is 0 Å². The predicted octanol–water partition coefficient (Wildman–Crippen LogP) is 5.63. The van der Waals surface area contributed by atoms with Crippen molar-refractivity contribution in [2.75, 3.05) is 11.9 Å². The zero-order chi connectivity index (χ0) is 20.1. The van der Waals surface area contributed by atoms with Gasteiger partial charge in [0.15, 0.2) is 5.13 Å². The summed E-state index contributed by atoms with van der Waals surface area (Å²) in [5, 5.41) is 5.14. The highest BCUT2D eigenvalue weighted by molar-refractivity contribution is 7.13. The van der Waals surface area contributed by atoms with Crippen molar-refractivity contribution >= 4 is 28.3 Å². The lowest BCUT2D eigenvalue weighted by molar-refractivity contribution is -0.139. The van der Waals surface area contributed by atoms with Crippen molar-refractivity contribution in [3.63, 3.8) is 0 Å². The molecule has 0 aliphatic carbocycles. The fourth-order valence-electron chi connectivity index (χ4n) is 3.01. The Hall–Kier alpha value is -1.43. The number of rotatable bonds is 13. The maximum atomic E-state index is 12.7. The van der Waals surface area contributed by atoms with Gasteiger partial charge in [-0.3, -0.25) is 9.59 Å². The van der Waals surface area contributed by atoms with Crippen LogP contribution in [0.25, 0.3) is 0 Å². The van der Waals surface area contributed by atoms with Crippen molar-refractivity contribution in [3.05, 3.63) is 11.6 Å². The Kier molecular flexibility index (Phi) is 11.3. The van der Waals surface area contributed by atoms with Crippen molar-refractivity contribution < 1.29 is 9.59 Å². The van der Waals surface area contributed by atoms with Crippen molar-refractivity contribution in [3.8, 4) is 0 Å². The molecule has 27 heavy (non-hydrogen) atoms. The van der Waals surface area contributed by atoms with Crippen LogP contribution in [-0.2, 0) is 9.59 Å². The molecule has 0 aliphatic heterocycles. The number of amides is 2. The van der Waals surface area contributed by atoms with E-state index >= 15 is 0 Å². The number of nitrogens with zero attached hydrogens (tertiary/aromatic N) is 2. The van der Waals surface area contributed by atoms with Crippen molar-refractivity contribution in [2.45, 2.75) is 97.4 Å². The highest BCUT2D eigenvalue weighted by atomic mass is 32.1. The van der Waals surface area contributed by atoms with Crippen LogP contribution in [0.3, 0.4) is 0 Å². The van der Waals surface area contributed by atoms with Crippen LogP contribution in [0.2, 0.25) is 0 Å². The molecule has 1 aromatic heterocycles. The second-order valence-corrected chi connectivity index (χ2v) is 9.01.